The first-order valence-corrected chi connectivity index (χ1v) is 10.1. The highest BCUT2D eigenvalue weighted by molar-refractivity contribution is 5.87. The lowest BCUT2D eigenvalue weighted by atomic mass is 10.0. The molecule has 0 spiro atoms. The van der Waals surface area contributed by atoms with Gasteiger partial charge in [-0.25, -0.2) is 4.98 Å². The number of ether oxygens (including phenoxy) is 1. The van der Waals surface area contributed by atoms with Crippen molar-refractivity contribution in [1.82, 2.24) is 20.0 Å². The van der Waals surface area contributed by atoms with Crippen molar-refractivity contribution in [3.8, 4) is 17.1 Å². The zero-order valence-corrected chi connectivity index (χ0v) is 17.2. The normalized spacial score (nSPS) is 16.0. The first-order chi connectivity index (χ1) is 15.1. The molecule has 1 aliphatic heterocycles. The fraction of sp³-hybridized carbons (Fsp3) is 0.318. The van der Waals surface area contributed by atoms with E-state index in [1.54, 1.807) is 23.2 Å². The van der Waals surface area contributed by atoms with Gasteiger partial charge in [-0.05, 0) is 43.5 Å². The topological polar surface area (TPSA) is 110 Å². The van der Waals surface area contributed by atoms with Crippen molar-refractivity contribution in [2.24, 2.45) is 0 Å². The monoisotopic (exact) mass is 421 g/mol. The number of rotatable bonds is 6. The molecule has 3 heterocycles. The van der Waals surface area contributed by atoms with Crippen LogP contribution in [0.4, 0.5) is 5.82 Å². The van der Waals surface area contributed by atoms with Crippen molar-refractivity contribution in [1.29, 1.82) is 0 Å². The van der Waals surface area contributed by atoms with E-state index in [0.29, 0.717) is 35.4 Å². The van der Waals surface area contributed by atoms with Gasteiger partial charge in [0, 0.05) is 25.2 Å². The molecule has 2 amide bonds. The van der Waals surface area contributed by atoms with Gasteiger partial charge in [-0.1, -0.05) is 23.4 Å². The number of anilines is 1. The quantitative estimate of drug-likeness (QED) is 0.650. The number of para-hydroxylation sites is 1. The van der Waals surface area contributed by atoms with Gasteiger partial charge in [-0.2, -0.15) is 4.98 Å². The number of carbonyl (C=O) groups is 2. The first-order valence-electron chi connectivity index (χ1n) is 10.1. The average Bonchev–Trinajstić information content (AvgIpc) is 3.28. The summed E-state index contributed by atoms with van der Waals surface area (Å²) in [6.45, 7) is 1.99. The van der Waals surface area contributed by atoms with Gasteiger partial charge in [0.1, 0.15) is 17.6 Å². The van der Waals surface area contributed by atoms with E-state index in [9.17, 15) is 9.59 Å². The number of likely N-dealkylation sites (tertiary alicyclic amines) is 1. The predicted octanol–water partition coefficient (Wildman–Crippen LogP) is 3.22. The third kappa shape index (κ3) is 5.06. The van der Waals surface area contributed by atoms with E-state index in [1.165, 1.54) is 6.92 Å². The summed E-state index contributed by atoms with van der Waals surface area (Å²) in [5.41, 5.74) is 0.658. The van der Waals surface area contributed by atoms with Gasteiger partial charge >= 0.3 is 0 Å². The molecule has 1 saturated heterocycles. The lowest BCUT2D eigenvalue weighted by molar-refractivity contribution is -0.138. The summed E-state index contributed by atoms with van der Waals surface area (Å²) in [6, 6.07) is 12.4. The number of carbonyl (C=O) groups excluding carboxylic acids is 2. The van der Waals surface area contributed by atoms with Crippen LogP contribution in [0.5, 0.6) is 5.75 Å². The Morgan fingerprint density at radius 1 is 1.19 bits per heavy atom. The van der Waals surface area contributed by atoms with Crippen molar-refractivity contribution in [3.05, 3.63) is 54.6 Å². The maximum Gasteiger partial charge on any atom is 0.261 e. The van der Waals surface area contributed by atoms with E-state index in [2.05, 4.69) is 20.4 Å². The molecule has 1 N–H and O–H groups in total. The van der Waals surface area contributed by atoms with Gasteiger partial charge in [-0.15, -0.1) is 0 Å². The molecule has 4 rings (SSSR count). The zero-order chi connectivity index (χ0) is 21.6. The number of benzene rings is 1. The molecule has 31 heavy (non-hydrogen) atoms. The zero-order valence-electron chi connectivity index (χ0n) is 17.2. The molecule has 0 unspecified atom stereocenters. The van der Waals surface area contributed by atoms with Crippen LogP contribution >= 0.6 is 0 Å². The van der Waals surface area contributed by atoms with Crippen molar-refractivity contribution in [3.63, 3.8) is 0 Å². The highest BCUT2D eigenvalue weighted by Crippen LogP contribution is 2.31. The Hall–Kier alpha value is -3.75. The van der Waals surface area contributed by atoms with E-state index < -0.39 is 0 Å². The summed E-state index contributed by atoms with van der Waals surface area (Å²) in [6.07, 6.45) is 4.21. The SMILES string of the molecule is CC(=O)Nc1ccc(-c2noc([C@H]3CCCCN3C(=O)COc3ccccc3)n2)cn1. The van der Waals surface area contributed by atoms with Crippen LogP contribution < -0.4 is 10.1 Å². The molecule has 9 heteroatoms. The van der Waals surface area contributed by atoms with E-state index >= 15 is 0 Å². The Kier molecular flexibility index (Phi) is 6.21. The average molecular weight is 421 g/mol. The third-order valence-corrected chi connectivity index (χ3v) is 4.98. The van der Waals surface area contributed by atoms with Crippen LogP contribution in [0.2, 0.25) is 0 Å². The van der Waals surface area contributed by atoms with Crippen LogP contribution in [0.1, 0.15) is 38.1 Å². The van der Waals surface area contributed by atoms with Crippen LogP contribution in [0.3, 0.4) is 0 Å². The Morgan fingerprint density at radius 2 is 2.03 bits per heavy atom. The van der Waals surface area contributed by atoms with E-state index in [-0.39, 0.29) is 24.5 Å². The van der Waals surface area contributed by atoms with Crippen molar-refractivity contribution < 1.29 is 18.8 Å². The Labute approximate surface area is 179 Å². The standard InChI is InChI=1S/C22H23N5O4/c1-15(28)24-19-11-10-16(13-23-19)21-25-22(31-26-21)18-9-5-6-12-27(18)20(29)14-30-17-7-3-2-4-8-17/h2-4,7-8,10-11,13,18H,5-6,9,12,14H2,1H3,(H,23,24,28)/t18-/m1/s1. The molecule has 9 nitrogen and oxygen atoms in total. The molecule has 1 atom stereocenters. The number of aromatic nitrogens is 3. The smallest absolute Gasteiger partial charge is 0.261 e. The van der Waals surface area contributed by atoms with Gasteiger partial charge in [0.05, 0.1) is 0 Å². The number of nitrogens with zero attached hydrogens (tertiary/aromatic N) is 4. The van der Waals surface area contributed by atoms with Crippen molar-refractivity contribution in [2.45, 2.75) is 32.2 Å². The van der Waals surface area contributed by atoms with Gasteiger partial charge in [0.15, 0.2) is 6.61 Å². The van der Waals surface area contributed by atoms with E-state index in [4.69, 9.17) is 9.26 Å². The molecular weight excluding hydrogens is 398 g/mol. The van der Waals surface area contributed by atoms with Crippen LogP contribution in [0.15, 0.2) is 53.2 Å². The third-order valence-electron chi connectivity index (χ3n) is 4.98. The summed E-state index contributed by atoms with van der Waals surface area (Å²) in [5, 5.41) is 6.67. The summed E-state index contributed by atoms with van der Waals surface area (Å²) < 4.78 is 11.1. The molecular formula is C22H23N5O4. The predicted molar refractivity (Wildman–Crippen MR) is 112 cm³/mol. The molecule has 1 aliphatic rings. The summed E-state index contributed by atoms with van der Waals surface area (Å²) in [5.74, 6) is 1.57. The van der Waals surface area contributed by atoms with Gasteiger partial charge in [0.25, 0.3) is 5.91 Å². The number of piperidine rings is 1. The van der Waals surface area contributed by atoms with Crippen LogP contribution in [0, 0.1) is 0 Å². The van der Waals surface area contributed by atoms with Crippen molar-refractivity contribution in [2.75, 3.05) is 18.5 Å². The van der Waals surface area contributed by atoms with Crippen LogP contribution in [-0.4, -0.2) is 45.0 Å². The van der Waals surface area contributed by atoms with Crippen LogP contribution in [0.25, 0.3) is 11.4 Å². The molecule has 0 radical (unpaired) electrons. The van der Waals surface area contributed by atoms with E-state index in [1.807, 2.05) is 30.3 Å². The Bertz CT molecular complexity index is 1040. The number of pyridine rings is 1. The van der Waals surface area contributed by atoms with Gasteiger partial charge in [0.2, 0.25) is 17.6 Å². The molecule has 1 fully saturated rings. The summed E-state index contributed by atoms with van der Waals surface area (Å²) in [7, 11) is 0. The Morgan fingerprint density at radius 3 is 2.77 bits per heavy atom. The second kappa shape index (κ2) is 9.38. The highest BCUT2D eigenvalue weighted by atomic mass is 16.5. The maximum absolute atomic E-state index is 12.8. The largest absolute Gasteiger partial charge is 0.484 e. The van der Waals surface area contributed by atoms with Gasteiger partial charge in [-0.3, -0.25) is 9.59 Å². The van der Waals surface area contributed by atoms with Crippen LogP contribution in [-0.2, 0) is 9.59 Å². The van der Waals surface area contributed by atoms with Crippen molar-refractivity contribution >= 4 is 17.6 Å². The molecule has 1 aromatic carbocycles. The lowest BCUT2D eigenvalue weighted by Gasteiger charge is -2.33. The fourth-order valence-corrected chi connectivity index (χ4v) is 3.50. The molecule has 160 valence electrons. The minimum atomic E-state index is -0.284. The summed E-state index contributed by atoms with van der Waals surface area (Å²) >= 11 is 0. The highest BCUT2D eigenvalue weighted by Gasteiger charge is 2.32. The molecule has 0 bridgehead atoms. The number of amides is 2. The molecule has 2 aromatic heterocycles. The first kappa shape index (κ1) is 20.5. The summed E-state index contributed by atoms with van der Waals surface area (Å²) in [4.78, 5) is 34.4. The molecule has 0 aliphatic carbocycles. The lowest BCUT2D eigenvalue weighted by Crippen LogP contribution is -2.41. The number of hydrogen-bond donors (Lipinski definition) is 1. The van der Waals surface area contributed by atoms with E-state index in [0.717, 1.165) is 19.3 Å². The number of hydrogen-bond acceptors (Lipinski definition) is 7. The maximum atomic E-state index is 12.8. The Balaban J connectivity index is 1.45. The fourth-order valence-electron chi connectivity index (χ4n) is 3.50. The minimum Gasteiger partial charge on any atom is -0.484 e. The molecule has 0 saturated carbocycles. The number of nitrogens with one attached hydrogen (secondary N) is 1. The van der Waals surface area contributed by atoms with Gasteiger partial charge < -0.3 is 19.5 Å². The molecule has 3 aromatic rings. The second-order valence-electron chi connectivity index (χ2n) is 7.27. The second-order valence-corrected chi connectivity index (χ2v) is 7.27. The minimum absolute atomic E-state index is 0.0456.